The summed E-state index contributed by atoms with van der Waals surface area (Å²) in [6.45, 7) is 4.65. The van der Waals surface area contributed by atoms with Crippen LogP contribution >= 0.6 is 0 Å². The SMILES string of the molecule is CC(=O)OC[C@H]1O[C@@H](n2cnc(C(=O)N[N+](=O)[O-])c2N)[C@@H]2OC(C)(C)O[C@@H]21. The molecular weight excluding hydrogens is 366 g/mol. The lowest BCUT2D eigenvalue weighted by molar-refractivity contribution is -0.527. The third-order valence-electron chi connectivity index (χ3n) is 4.09. The molecule has 27 heavy (non-hydrogen) atoms. The van der Waals surface area contributed by atoms with Crippen molar-refractivity contribution in [1.29, 1.82) is 0 Å². The van der Waals surface area contributed by atoms with Gasteiger partial charge in [-0.25, -0.2) is 15.1 Å². The fourth-order valence-electron chi connectivity index (χ4n) is 3.10. The summed E-state index contributed by atoms with van der Waals surface area (Å²) in [6.07, 6.45) is -1.43. The van der Waals surface area contributed by atoms with Crippen molar-refractivity contribution in [1.82, 2.24) is 15.0 Å². The largest absolute Gasteiger partial charge is 0.463 e. The smallest absolute Gasteiger partial charge is 0.332 e. The minimum Gasteiger partial charge on any atom is -0.463 e. The third-order valence-corrected chi connectivity index (χ3v) is 4.09. The van der Waals surface area contributed by atoms with E-state index in [1.54, 1.807) is 13.8 Å². The van der Waals surface area contributed by atoms with Crippen LogP contribution in [0.3, 0.4) is 0 Å². The lowest BCUT2D eigenvalue weighted by Crippen LogP contribution is -2.33. The molecule has 0 aromatic carbocycles. The van der Waals surface area contributed by atoms with E-state index in [1.807, 2.05) is 0 Å². The van der Waals surface area contributed by atoms with E-state index in [2.05, 4.69) is 4.98 Å². The molecule has 0 unspecified atom stereocenters. The fraction of sp³-hybridized carbons (Fsp3) is 0.643. The first kappa shape index (κ1) is 19.0. The van der Waals surface area contributed by atoms with Crippen LogP contribution in [0, 0.1) is 10.1 Å². The molecule has 0 saturated carbocycles. The van der Waals surface area contributed by atoms with Gasteiger partial charge in [0.25, 0.3) is 0 Å². The molecule has 3 rings (SSSR count). The molecular formula is C14H19N5O8. The molecule has 1 aromatic heterocycles. The first-order valence-electron chi connectivity index (χ1n) is 8.01. The Labute approximate surface area is 152 Å². The number of hydrogen-bond acceptors (Lipinski definition) is 10. The molecule has 13 heteroatoms. The number of amides is 1. The predicted molar refractivity (Wildman–Crippen MR) is 85.5 cm³/mol. The molecule has 3 heterocycles. The zero-order valence-corrected chi connectivity index (χ0v) is 14.8. The standard InChI is InChI=1S/C14H19N5O8/c1-6(20)24-4-7-9-10(27-14(2,3)26-9)13(25-7)18-5-16-8(11(18)15)12(21)17-19(22)23/h5,7,9-10,13H,4,15H2,1-3H3,(H,17,21)/t7-,9-,10-,13-/m1/s1. The van der Waals surface area contributed by atoms with Gasteiger partial charge >= 0.3 is 11.9 Å². The van der Waals surface area contributed by atoms with Gasteiger partial charge in [-0.05, 0) is 13.8 Å². The van der Waals surface area contributed by atoms with E-state index >= 15 is 0 Å². The minimum atomic E-state index is -1.06. The Hall–Kier alpha value is -2.77. The average molecular weight is 385 g/mol. The third kappa shape index (κ3) is 3.70. The molecule has 148 valence electrons. The summed E-state index contributed by atoms with van der Waals surface area (Å²) in [7, 11) is 0. The van der Waals surface area contributed by atoms with Crippen molar-refractivity contribution in [2.75, 3.05) is 12.3 Å². The van der Waals surface area contributed by atoms with Crippen molar-refractivity contribution in [3.8, 4) is 0 Å². The normalized spacial score (nSPS) is 28.6. The van der Waals surface area contributed by atoms with Crippen molar-refractivity contribution in [3.63, 3.8) is 0 Å². The fourth-order valence-corrected chi connectivity index (χ4v) is 3.10. The maximum Gasteiger partial charge on any atom is 0.332 e. The lowest BCUT2D eigenvalue weighted by atomic mass is 10.1. The highest BCUT2D eigenvalue weighted by molar-refractivity contribution is 5.95. The summed E-state index contributed by atoms with van der Waals surface area (Å²) in [6, 6.07) is 0. The summed E-state index contributed by atoms with van der Waals surface area (Å²) < 4.78 is 23.9. The van der Waals surface area contributed by atoms with Crippen LogP contribution in [0.15, 0.2) is 6.33 Å². The number of carbonyl (C=O) groups excluding carboxylic acids is 2. The number of nitrogens with two attached hydrogens (primary N) is 1. The van der Waals surface area contributed by atoms with Crippen LogP contribution in [0.1, 0.15) is 37.5 Å². The van der Waals surface area contributed by atoms with E-state index in [-0.39, 0.29) is 18.1 Å². The van der Waals surface area contributed by atoms with Crippen LogP contribution in [0.5, 0.6) is 0 Å². The van der Waals surface area contributed by atoms with Crippen LogP contribution in [-0.4, -0.2) is 57.2 Å². The molecule has 0 bridgehead atoms. The number of aromatic nitrogens is 2. The zero-order valence-electron chi connectivity index (χ0n) is 14.8. The Morgan fingerprint density at radius 3 is 2.74 bits per heavy atom. The number of hydrogen-bond donors (Lipinski definition) is 2. The van der Waals surface area contributed by atoms with Gasteiger partial charge in [-0.2, -0.15) is 0 Å². The second-order valence-corrected chi connectivity index (χ2v) is 6.52. The number of nitrogens with zero attached hydrogens (tertiary/aromatic N) is 3. The van der Waals surface area contributed by atoms with Crippen molar-refractivity contribution in [2.45, 2.75) is 51.1 Å². The number of anilines is 1. The second-order valence-electron chi connectivity index (χ2n) is 6.52. The Balaban J connectivity index is 1.85. The number of carbonyl (C=O) groups is 2. The van der Waals surface area contributed by atoms with Crippen LogP contribution in [0.4, 0.5) is 5.82 Å². The van der Waals surface area contributed by atoms with Gasteiger partial charge in [-0.15, -0.1) is 0 Å². The van der Waals surface area contributed by atoms with E-state index in [1.165, 1.54) is 23.2 Å². The van der Waals surface area contributed by atoms with Gasteiger partial charge in [0.05, 0.1) is 6.33 Å². The Kier molecular flexibility index (Phi) is 4.75. The summed E-state index contributed by atoms with van der Waals surface area (Å²) in [5.41, 5.74) is 7.09. The first-order valence-corrected chi connectivity index (χ1v) is 8.01. The monoisotopic (exact) mass is 385 g/mol. The van der Waals surface area contributed by atoms with Crippen molar-refractivity contribution in [2.24, 2.45) is 0 Å². The van der Waals surface area contributed by atoms with Crippen LogP contribution in [0.25, 0.3) is 0 Å². The van der Waals surface area contributed by atoms with Gasteiger partial charge in [-0.1, -0.05) is 5.43 Å². The van der Waals surface area contributed by atoms with Crippen LogP contribution in [0.2, 0.25) is 0 Å². The second kappa shape index (κ2) is 6.75. The summed E-state index contributed by atoms with van der Waals surface area (Å²) >= 11 is 0. The molecule has 13 nitrogen and oxygen atoms in total. The van der Waals surface area contributed by atoms with Gasteiger partial charge in [-0.3, -0.25) is 14.2 Å². The topological polar surface area (TPSA) is 170 Å². The Morgan fingerprint density at radius 2 is 2.11 bits per heavy atom. The molecule has 2 aliphatic rings. The van der Waals surface area contributed by atoms with E-state index < -0.39 is 47.2 Å². The van der Waals surface area contributed by atoms with Crippen molar-refractivity contribution >= 4 is 17.7 Å². The van der Waals surface area contributed by atoms with Crippen LogP contribution in [-0.2, 0) is 23.7 Å². The quantitative estimate of drug-likeness (QED) is 0.378. The summed E-state index contributed by atoms with van der Waals surface area (Å²) in [5, 5.41) is 9.44. The molecule has 2 fully saturated rings. The maximum atomic E-state index is 11.8. The van der Waals surface area contributed by atoms with Gasteiger partial charge in [0.2, 0.25) is 0 Å². The number of nitrogen functional groups attached to an aromatic ring is 1. The number of rotatable bonds is 5. The maximum absolute atomic E-state index is 11.8. The number of ether oxygens (including phenoxy) is 4. The van der Waals surface area contributed by atoms with Gasteiger partial charge < -0.3 is 24.7 Å². The molecule has 1 aromatic rings. The molecule has 0 aliphatic carbocycles. The number of hydrazine groups is 1. The first-order chi connectivity index (χ1) is 12.6. The lowest BCUT2D eigenvalue weighted by Gasteiger charge is -2.24. The molecule has 3 N–H and O–H groups in total. The molecule has 1 amide bonds. The molecule has 0 radical (unpaired) electrons. The summed E-state index contributed by atoms with van der Waals surface area (Å²) in [4.78, 5) is 37.2. The number of nitrogens with one attached hydrogen (secondary N) is 1. The summed E-state index contributed by atoms with van der Waals surface area (Å²) in [5.74, 6) is -2.59. The molecule has 4 atom stereocenters. The van der Waals surface area contributed by atoms with E-state index in [9.17, 15) is 19.7 Å². The van der Waals surface area contributed by atoms with Gasteiger partial charge in [0.1, 0.15) is 30.7 Å². The molecule has 2 aliphatic heterocycles. The number of esters is 1. The minimum absolute atomic E-state index is 0.0598. The Bertz CT molecular complexity index is 778. The number of nitro groups is 1. The predicted octanol–water partition coefficient (Wildman–Crippen LogP) is -0.633. The highest BCUT2D eigenvalue weighted by Crippen LogP contribution is 2.44. The van der Waals surface area contributed by atoms with Gasteiger partial charge in [0.15, 0.2) is 22.7 Å². The van der Waals surface area contributed by atoms with E-state index in [4.69, 9.17) is 24.7 Å². The number of imidazole rings is 1. The highest BCUT2D eigenvalue weighted by Gasteiger charge is 2.56. The van der Waals surface area contributed by atoms with E-state index in [0.717, 1.165) is 0 Å². The zero-order chi connectivity index (χ0) is 19.9. The van der Waals surface area contributed by atoms with Crippen molar-refractivity contribution < 1.29 is 33.6 Å². The van der Waals surface area contributed by atoms with Gasteiger partial charge in [0, 0.05) is 6.92 Å². The molecule has 0 spiro atoms. The van der Waals surface area contributed by atoms with E-state index in [0.29, 0.717) is 0 Å². The molecule has 2 saturated heterocycles. The van der Waals surface area contributed by atoms with Crippen LogP contribution < -0.4 is 11.2 Å². The highest BCUT2D eigenvalue weighted by atomic mass is 16.8. The number of fused-ring (bicyclic) bond motifs is 1. The van der Waals surface area contributed by atoms with Crippen molar-refractivity contribution in [3.05, 3.63) is 22.1 Å². The Morgan fingerprint density at radius 1 is 1.44 bits per heavy atom. The average Bonchev–Trinajstić information content (AvgIpc) is 3.15.